The fourth-order valence-corrected chi connectivity index (χ4v) is 9.58. The number of unbranched alkanes of at least 4 members (excludes halogenated alkanes) is 32. The third kappa shape index (κ3) is 54.5. The van der Waals surface area contributed by atoms with Gasteiger partial charge in [0.25, 0.3) is 7.82 Å². The number of quaternary nitrogens is 1. The number of esters is 1. The predicted molar refractivity (Wildman–Crippen MR) is 316 cm³/mol. The maximum Gasteiger partial charge on any atom is 0.306 e. The van der Waals surface area contributed by atoms with Crippen molar-refractivity contribution in [2.24, 2.45) is 0 Å². The van der Waals surface area contributed by atoms with E-state index < -0.39 is 20.0 Å². The molecule has 0 bridgehead atoms. The lowest BCUT2D eigenvalue weighted by molar-refractivity contribution is -0.870. The number of rotatable bonds is 56. The Morgan fingerprint density at radius 3 is 1.26 bits per heavy atom. The van der Waals surface area contributed by atoms with Crippen molar-refractivity contribution in [2.75, 3.05) is 40.9 Å². The first-order chi connectivity index (χ1) is 35.9. The summed E-state index contributed by atoms with van der Waals surface area (Å²) in [7, 11) is 1.18. The standard InChI is InChI=1S/C64H119N2O7P/c1-7-10-13-16-19-22-25-27-28-29-30-31-32-33-34-35-36-37-38-39-42-45-48-51-54-57-64(68)73-62(55-52-49-46-43-41-26-23-20-17-14-11-8-2)61(60-72-74(69,70)71-59-58-66(4,5)6)65-63(67)56-53-50-47-44-40-24-21-18-15-12-9-3/h19,22,27-28,30-31,33-34,52,55,61-62H,7-18,20-21,23-26,29,32,35-51,53-54,56-60H2,1-6H3,(H-,65,67,69,70)/b22-19-,28-27-,31-30-,34-33-,55-52-. The molecule has 0 fully saturated rings. The highest BCUT2D eigenvalue weighted by Gasteiger charge is 2.27. The van der Waals surface area contributed by atoms with E-state index in [4.69, 9.17) is 13.8 Å². The smallest absolute Gasteiger partial charge is 0.306 e. The minimum absolute atomic E-state index is 0.0232. The van der Waals surface area contributed by atoms with Crippen molar-refractivity contribution in [2.45, 2.75) is 296 Å². The van der Waals surface area contributed by atoms with Crippen molar-refractivity contribution >= 4 is 19.7 Å². The van der Waals surface area contributed by atoms with Crippen LogP contribution in [0.1, 0.15) is 284 Å². The van der Waals surface area contributed by atoms with Crippen LogP contribution in [0.2, 0.25) is 0 Å². The van der Waals surface area contributed by atoms with Crippen molar-refractivity contribution in [3.63, 3.8) is 0 Å². The van der Waals surface area contributed by atoms with Gasteiger partial charge in [-0.25, -0.2) is 0 Å². The molecule has 0 heterocycles. The zero-order valence-electron chi connectivity index (χ0n) is 49.3. The first kappa shape index (κ1) is 71.7. The fraction of sp³-hybridized carbons (Fsp3) is 0.812. The second-order valence-corrected chi connectivity index (χ2v) is 23.6. The number of amides is 1. The lowest BCUT2D eigenvalue weighted by atomic mass is 10.0. The molecule has 0 aromatic heterocycles. The quantitative estimate of drug-likeness (QED) is 0.0212. The highest BCUT2D eigenvalue weighted by Crippen LogP contribution is 2.38. The Balaban J connectivity index is 5.11. The lowest BCUT2D eigenvalue weighted by Gasteiger charge is -2.30. The van der Waals surface area contributed by atoms with Gasteiger partial charge < -0.3 is 28.5 Å². The number of nitrogens with zero attached hydrogens (tertiary/aromatic N) is 1. The number of likely N-dealkylation sites (N-methyl/N-ethyl adjacent to an activating group) is 1. The van der Waals surface area contributed by atoms with Crippen molar-refractivity contribution in [1.29, 1.82) is 0 Å². The predicted octanol–water partition coefficient (Wildman–Crippen LogP) is 18.4. The van der Waals surface area contributed by atoms with Crippen molar-refractivity contribution in [3.8, 4) is 0 Å². The summed E-state index contributed by atoms with van der Waals surface area (Å²) in [5.74, 6) is -0.543. The van der Waals surface area contributed by atoms with Crippen LogP contribution in [0.3, 0.4) is 0 Å². The number of hydrogen-bond acceptors (Lipinski definition) is 7. The topological polar surface area (TPSA) is 114 Å². The van der Waals surface area contributed by atoms with Gasteiger partial charge in [-0.3, -0.25) is 14.2 Å². The van der Waals surface area contributed by atoms with Crippen LogP contribution in [-0.4, -0.2) is 69.4 Å². The highest BCUT2D eigenvalue weighted by atomic mass is 31.2. The molecule has 0 aliphatic carbocycles. The number of phosphoric acid groups is 1. The summed E-state index contributed by atoms with van der Waals surface area (Å²) in [5, 5.41) is 3.02. The number of hydrogen-bond donors (Lipinski definition) is 1. The van der Waals surface area contributed by atoms with Gasteiger partial charge in [0.05, 0.1) is 33.8 Å². The summed E-state index contributed by atoms with van der Waals surface area (Å²) in [6, 6.07) is -0.888. The molecular weight excluding hydrogens is 940 g/mol. The number of ether oxygens (including phenoxy) is 1. The average molecular weight is 1060 g/mol. The van der Waals surface area contributed by atoms with Crippen LogP contribution in [-0.2, 0) is 27.9 Å². The van der Waals surface area contributed by atoms with Gasteiger partial charge in [-0.2, -0.15) is 0 Å². The van der Waals surface area contributed by atoms with Gasteiger partial charge in [0.1, 0.15) is 19.3 Å². The summed E-state index contributed by atoms with van der Waals surface area (Å²) >= 11 is 0. The first-order valence-electron chi connectivity index (χ1n) is 31.1. The molecule has 3 atom stereocenters. The average Bonchev–Trinajstić information content (AvgIpc) is 3.36. The minimum atomic E-state index is -4.69. The monoisotopic (exact) mass is 1060 g/mol. The Morgan fingerprint density at radius 2 is 0.824 bits per heavy atom. The largest absolute Gasteiger partial charge is 0.756 e. The summed E-state index contributed by atoms with van der Waals surface area (Å²) in [4.78, 5) is 39.9. The second kappa shape index (κ2) is 54.1. The number of allylic oxidation sites excluding steroid dienone is 9. The third-order valence-corrected chi connectivity index (χ3v) is 14.7. The van der Waals surface area contributed by atoms with E-state index in [1.807, 2.05) is 33.3 Å². The fourth-order valence-electron chi connectivity index (χ4n) is 8.86. The lowest BCUT2D eigenvalue weighted by Crippen LogP contribution is -2.47. The molecule has 0 saturated heterocycles. The molecule has 0 rings (SSSR count). The van der Waals surface area contributed by atoms with E-state index in [2.05, 4.69) is 74.7 Å². The van der Waals surface area contributed by atoms with Crippen LogP contribution in [0.15, 0.2) is 60.8 Å². The first-order valence-corrected chi connectivity index (χ1v) is 32.6. The third-order valence-electron chi connectivity index (χ3n) is 13.7. The SMILES string of the molecule is CCCCC/C=C\C/C=C\C/C=C\C/C=C\CCCCCCCCCCCC(=O)OC(/C=C\CCCCCCCCCCCC)C(COP(=O)([O-])OCC[N+](C)(C)C)NC(=O)CCCCCCCCCCCCC. The minimum Gasteiger partial charge on any atom is -0.756 e. The molecule has 0 saturated carbocycles. The van der Waals surface area contributed by atoms with Crippen LogP contribution in [0.4, 0.5) is 0 Å². The Labute approximate surface area is 458 Å². The molecule has 0 aromatic carbocycles. The molecule has 432 valence electrons. The summed E-state index contributed by atoms with van der Waals surface area (Å²) in [6.45, 7) is 6.81. The molecule has 3 unspecified atom stereocenters. The summed E-state index contributed by atoms with van der Waals surface area (Å²) in [5.41, 5.74) is 0. The van der Waals surface area contributed by atoms with E-state index in [1.54, 1.807) is 0 Å². The maximum atomic E-state index is 13.5. The van der Waals surface area contributed by atoms with Crippen LogP contribution < -0.4 is 10.2 Å². The normalized spacial score (nSPS) is 14.1. The molecule has 0 aromatic rings. The van der Waals surface area contributed by atoms with E-state index in [0.29, 0.717) is 17.4 Å². The summed E-state index contributed by atoms with van der Waals surface area (Å²) in [6.07, 6.45) is 67.6. The van der Waals surface area contributed by atoms with Crippen LogP contribution in [0.5, 0.6) is 0 Å². The Hall–Kier alpha value is -2.29. The molecule has 10 heteroatoms. The van der Waals surface area contributed by atoms with E-state index in [9.17, 15) is 19.0 Å². The second-order valence-electron chi connectivity index (χ2n) is 22.2. The summed E-state index contributed by atoms with van der Waals surface area (Å²) < 4.78 is 30.3. The molecule has 74 heavy (non-hydrogen) atoms. The van der Waals surface area contributed by atoms with Crippen LogP contribution in [0.25, 0.3) is 0 Å². The van der Waals surface area contributed by atoms with Crippen LogP contribution >= 0.6 is 7.82 Å². The van der Waals surface area contributed by atoms with Crippen molar-refractivity contribution < 1.29 is 37.3 Å². The molecule has 0 aliphatic heterocycles. The number of carbonyl (C=O) groups excluding carboxylic acids is 2. The Bertz CT molecular complexity index is 1450. The van der Waals surface area contributed by atoms with E-state index in [0.717, 1.165) is 89.9 Å². The van der Waals surface area contributed by atoms with Crippen LogP contribution in [0, 0.1) is 0 Å². The van der Waals surface area contributed by atoms with Gasteiger partial charge in [-0.15, -0.1) is 0 Å². The molecule has 0 aliphatic rings. The van der Waals surface area contributed by atoms with Crippen molar-refractivity contribution in [1.82, 2.24) is 5.32 Å². The van der Waals surface area contributed by atoms with Gasteiger partial charge in [0.2, 0.25) is 5.91 Å². The molecular formula is C64H119N2O7P. The van der Waals surface area contributed by atoms with Gasteiger partial charge in [0, 0.05) is 12.8 Å². The molecule has 9 nitrogen and oxygen atoms in total. The highest BCUT2D eigenvalue weighted by molar-refractivity contribution is 7.45. The van der Waals surface area contributed by atoms with Gasteiger partial charge in [0.15, 0.2) is 0 Å². The van der Waals surface area contributed by atoms with Crippen molar-refractivity contribution in [3.05, 3.63) is 60.8 Å². The van der Waals surface area contributed by atoms with E-state index in [-0.39, 0.29) is 31.5 Å². The zero-order valence-corrected chi connectivity index (χ0v) is 50.2. The number of nitrogens with one attached hydrogen (secondary N) is 1. The molecule has 1 amide bonds. The molecule has 0 radical (unpaired) electrons. The van der Waals surface area contributed by atoms with Gasteiger partial charge >= 0.3 is 5.97 Å². The molecule has 1 N–H and O–H groups in total. The zero-order chi connectivity index (χ0) is 54.3. The molecule has 0 spiro atoms. The van der Waals surface area contributed by atoms with E-state index >= 15 is 0 Å². The number of phosphoric ester groups is 1. The Morgan fingerprint density at radius 1 is 0.473 bits per heavy atom. The van der Waals surface area contributed by atoms with Gasteiger partial charge in [-0.1, -0.05) is 255 Å². The van der Waals surface area contributed by atoms with Gasteiger partial charge in [-0.05, 0) is 76.7 Å². The maximum absolute atomic E-state index is 13.5. The Kier molecular flexibility index (Phi) is 52.4. The number of carbonyl (C=O) groups is 2. The van der Waals surface area contributed by atoms with E-state index in [1.165, 1.54) is 161 Å².